The van der Waals surface area contributed by atoms with Crippen molar-refractivity contribution < 1.29 is 9.84 Å². The van der Waals surface area contributed by atoms with E-state index in [-0.39, 0.29) is 6.04 Å². The Morgan fingerprint density at radius 2 is 2.07 bits per heavy atom. The van der Waals surface area contributed by atoms with Gasteiger partial charge < -0.3 is 15.6 Å². The molecule has 0 spiro atoms. The molecule has 0 amide bonds. The molecule has 0 saturated carbocycles. The van der Waals surface area contributed by atoms with Gasteiger partial charge in [0.25, 0.3) is 0 Å². The van der Waals surface area contributed by atoms with Crippen LogP contribution < -0.4 is 10.5 Å². The Morgan fingerprint density at radius 3 is 2.57 bits per heavy atom. The van der Waals surface area contributed by atoms with Crippen molar-refractivity contribution in [3.63, 3.8) is 0 Å². The zero-order chi connectivity index (χ0) is 10.7. The maximum Gasteiger partial charge on any atom is 0.122 e. The Bertz CT molecular complexity index is 310. The highest BCUT2D eigenvalue weighted by molar-refractivity contribution is 5.40. The van der Waals surface area contributed by atoms with E-state index in [0.29, 0.717) is 0 Å². The standard InChI is InChI=1S/C11H17NO2/c1-7-9(11(12)8(2)13)5-4-6-10(7)14-3/h4-6,8,11,13H,12H2,1-3H3/t8?,11-/m1/s1. The van der Waals surface area contributed by atoms with Gasteiger partial charge in [0.15, 0.2) is 0 Å². The van der Waals surface area contributed by atoms with E-state index in [1.165, 1.54) is 0 Å². The Morgan fingerprint density at radius 1 is 1.43 bits per heavy atom. The normalized spacial score (nSPS) is 14.9. The second-order valence-electron chi connectivity index (χ2n) is 3.44. The molecule has 3 heteroatoms. The second-order valence-corrected chi connectivity index (χ2v) is 3.44. The number of methoxy groups -OCH3 is 1. The molecule has 1 rings (SSSR count). The van der Waals surface area contributed by atoms with E-state index >= 15 is 0 Å². The van der Waals surface area contributed by atoms with Crippen LogP contribution in [0.2, 0.25) is 0 Å². The van der Waals surface area contributed by atoms with E-state index in [4.69, 9.17) is 10.5 Å². The van der Waals surface area contributed by atoms with Crippen molar-refractivity contribution in [3.8, 4) is 5.75 Å². The number of benzene rings is 1. The van der Waals surface area contributed by atoms with Gasteiger partial charge in [-0.2, -0.15) is 0 Å². The van der Waals surface area contributed by atoms with Crippen molar-refractivity contribution in [1.82, 2.24) is 0 Å². The minimum atomic E-state index is -0.555. The number of ether oxygens (including phenoxy) is 1. The Hall–Kier alpha value is -1.06. The molecule has 1 unspecified atom stereocenters. The summed E-state index contributed by atoms with van der Waals surface area (Å²) in [6.07, 6.45) is -0.555. The molecular formula is C11H17NO2. The van der Waals surface area contributed by atoms with Crippen LogP contribution in [-0.4, -0.2) is 18.3 Å². The van der Waals surface area contributed by atoms with Gasteiger partial charge in [0, 0.05) is 0 Å². The van der Waals surface area contributed by atoms with Crippen molar-refractivity contribution >= 4 is 0 Å². The first-order valence-electron chi connectivity index (χ1n) is 4.65. The van der Waals surface area contributed by atoms with Gasteiger partial charge in [0.2, 0.25) is 0 Å². The van der Waals surface area contributed by atoms with Crippen molar-refractivity contribution in [1.29, 1.82) is 0 Å². The van der Waals surface area contributed by atoms with Gasteiger partial charge >= 0.3 is 0 Å². The van der Waals surface area contributed by atoms with E-state index in [0.717, 1.165) is 16.9 Å². The third kappa shape index (κ3) is 2.05. The first kappa shape index (κ1) is 11.0. The van der Waals surface area contributed by atoms with Crippen LogP contribution >= 0.6 is 0 Å². The highest BCUT2D eigenvalue weighted by Crippen LogP contribution is 2.26. The van der Waals surface area contributed by atoms with E-state index < -0.39 is 6.10 Å². The highest BCUT2D eigenvalue weighted by Gasteiger charge is 2.15. The quantitative estimate of drug-likeness (QED) is 0.766. The number of nitrogens with two attached hydrogens (primary N) is 1. The molecule has 1 aromatic rings. The highest BCUT2D eigenvalue weighted by atomic mass is 16.5. The summed E-state index contributed by atoms with van der Waals surface area (Å²) in [6.45, 7) is 3.62. The SMILES string of the molecule is COc1cccc([C@H](N)C(C)O)c1C. The van der Waals surface area contributed by atoms with Crippen LogP contribution in [0, 0.1) is 6.92 Å². The molecule has 2 atom stereocenters. The minimum absolute atomic E-state index is 0.356. The maximum absolute atomic E-state index is 9.40. The van der Waals surface area contributed by atoms with Crippen LogP contribution in [-0.2, 0) is 0 Å². The molecule has 0 heterocycles. The average molecular weight is 195 g/mol. The van der Waals surface area contributed by atoms with Crippen molar-refractivity contribution in [2.75, 3.05) is 7.11 Å². The Labute approximate surface area is 84.5 Å². The van der Waals surface area contributed by atoms with Crippen LogP contribution in [0.4, 0.5) is 0 Å². The first-order valence-corrected chi connectivity index (χ1v) is 4.65. The fourth-order valence-corrected chi connectivity index (χ4v) is 1.47. The molecule has 1 aromatic carbocycles. The van der Waals surface area contributed by atoms with Gasteiger partial charge in [-0.15, -0.1) is 0 Å². The monoisotopic (exact) mass is 195 g/mol. The number of hydrogen-bond acceptors (Lipinski definition) is 3. The Kier molecular flexibility index (Phi) is 3.49. The lowest BCUT2D eigenvalue weighted by Crippen LogP contribution is -2.24. The summed E-state index contributed by atoms with van der Waals surface area (Å²) in [6, 6.07) is 5.32. The predicted octanol–water partition coefficient (Wildman–Crippen LogP) is 1.38. The fraction of sp³-hybridized carbons (Fsp3) is 0.455. The molecular weight excluding hydrogens is 178 g/mol. The molecule has 0 aromatic heterocycles. The molecule has 0 fully saturated rings. The zero-order valence-electron chi connectivity index (χ0n) is 8.82. The maximum atomic E-state index is 9.40. The Balaban J connectivity index is 3.09. The molecule has 78 valence electrons. The second kappa shape index (κ2) is 4.44. The number of hydrogen-bond donors (Lipinski definition) is 2. The fourth-order valence-electron chi connectivity index (χ4n) is 1.47. The zero-order valence-corrected chi connectivity index (χ0v) is 8.82. The smallest absolute Gasteiger partial charge is 0.122 e. The summed E-state index contributed by atoms with van der Waals surface area (Å²) in [5.74, 6) is 0.804. The molecule has 3 nitrogen and oxygen atoms in total. The topological polar surface area (TPSA) is 55.5 Å². The average Bonchev–Trinajstić information content (AvgIpc) is 2.17. The van der Waals surface area contributed by atoms with E-state index in [9.17, 15) is 5.11 Å². The minimum Gasteiger partial charge on any atom is -0.496 e. The molecule has 3 N–H and O–H groups in total. The van der Waals surface area contributed by atoms with Crippen LogP contribution in [0.15, 0.2) is 18.2 Å². The molecule has 14 heavy (non-hydrogen) atoms. The summed E-state index contributed by atoms with van der Waals surface area (Å²) in [7, 11) is 1.63. The lowest BCUT2D eigenvalue weighted by molar-refractivity contribution is 0.164. The van der Waals surface area contributed by atoms with Crippen LogP contribution in [0.1, 0.15) is 24.1 Å². The first-order chi connectivity index (χ1) is 6.57. The molecule has 0 aliphatic heterocycles. The molecule has 0 aliphatic rings. The van der Waals surface area contributed by atoms with Crippen LogP contribution in [0.5, 0.6) is 5.75 Å². The molecule has 0 bridgehead atoms. The summed E-state index contributed by atoms with van der Waals surface area (Å²) in [5, 5.41) is 9.40. The van der Waals surface area contributed by atoms with E-state index in [1.54, 1.807) is 14.0 Å². The molecule has 0 radical (unpaired) electrons. The lowest BCUT2D eigenvalue weighted by atomic mass is 9.98. The van der Waals surface area contributed by atoms with E-state index in [2.05, 4.69) is 0 Å². The van der Waals surface area contributed by atoms with Crippen molar-refractivity contribution in [2.45, 2.75) is 26.0 Å². The van der Waals surface area contributed by atoms with Crippen molar-refractivity contribution in [3.05, 3.63) is 29.3 Å². The van der Waals surface area contributed by atoms with E-state index in [1.807, 2.05) is 25.1 Å². The third-order valence-corrected chi connectivity index (χ3v) is 2.42. The van der Waals surface area contributed by atoms with Crippen LogP contribution in [0.25, 0.3) is 0 Å². The molecule has 0 saturated heterocycles. The van der Waals surface area contributed by atoms with Gasteiger partial charge in [-0.25, -0.2) is 0 Å². The third-order valence-electron chi connectivity index (χ3n) is 2.42. The van der Waals surface area contributed by atoms with Crippen molar-refractivity contribution in [2.24, 2.45) is 5.73 Å². The molecule has 0 aliphatic carbocycles. The van der Waals surface area contributed by atoms with Gasteiger partial charge in [-0.05, 0) is 31.0 Å². The predicted molar refractivity (Wildman–Crippen MR) is 56.3 cm³/mol. The van der Waals surface area contributed by atoms with Gasteiger partial charge in [0.05, 0.1) is 19.3 Å². The largest absolute Gasteiger partial charge is 0.496 e. The van der Waals surface area contributed by atoms with Crippen LogP contribution in [0.3, 0.4) is 0 Å². The number of aliphatic hydroxyl groups excluding tert-OH is 1. The van der Waals surface area contributed by atoms with Gasteiger partial charge in [0.1, 0.15) is 5.75 Å². The summed E-state index contributed by atoms with van der Waals surface area (Å²) < 4.78 is 5.18. The lowest BCUT2D eigenvalue weighted by Gasteiger charge is -2.18. The summed E-state index contributed by atoms with van der Waals surface area (Å²) >= 11 is 0. The van der Waals surface area contributed by atoms with Gasteiger partial charge in [-0.3, -0.25) is 0 Å². The van der Waals surface area contributed by atoms with Gasteiger partial charge in [-0.1, -0.05) is 12.1 Å². The summed E-state index contributed by atoms with van der Waals surface area (Å²) in [5.41, 5.74) is 7.78. The summed E-state index contributed by atoms with van der Waals surface area (Å²) in [4.78, 5) is 0. The number of aliphatic hydroxyl groups is 1. The number of rotatable bonds is 3.